The van der Waals surface area contributed by atoms with Crippen LogP contribution in [0.1, 0.15) is 201 Å². The number of aliphatic hydroxyl groups is 1. The Hall–Kier alpha value is -2.39. The van der Waals surface area contributed by atoms with Gasteiger partial charge < -0.3 is 43.9 Å². The van der Waals surface area contributed by atoms with E-state index < -0.39 is 63.2 Å². The molecule has 1 saturated heterocycles. The van der Waals surface area contributed by atoms with E-state index in [1.165, 1.54) is 122 Å². The number of phosphoric ester groups is 1. The topological polar surface area (TPSA) is 206 Å². The van der Waals surface area contributed by atoms with E-state index in [0.29, 0.717) is 12.8 Å². The van der Waals surface area contributed by atoms with E-state index in [0.717, 1.165) is 43.1 Å². The molecular formula is C46H87N4O11P. The van der Waals surface area contributed by atoms with Crippen LogP contribution in [-0.2, 0) is 37.4 Å². The Bertz CT molecular complexity index is 1380. The van der Waals surface area contributed by atoms with Crippen LogP contribution in [0.4, 0.5) is 5.82 Å². The molecule has 1 aliphatic rings. The highest BCUT2D eigenvalue weighted by Crippen LogP contribution is 2.45. The molecule has 5 atom stereocenters. The summed E-state index contributed by atoms with van der Waals surface area (Å²) in [6, 6.07) is 1.39. The normalized spacial score (nSPS) is 17.6. The summed E-state index contributed by atoms with van der Waals surface area (Å²) in [7, 11) is -5.06. The highest BCUT2D eigenvalue weighted by molar-refractivity contribution is 7.45. The number of nitrogens with zero attached hydrogens (tertiary/aromatic N) is 2. The number of hydrogen-bond donors (Lipinski definition) is 3. The first-order valence-electron chi connectivity index (χ1n) is 24.4. The summed E-state index contributed by atoms with van der Waals surface area (Å²) < 4.78 is 41.0. The summed E-state index contributed by atoms with van der Waals surface area (Å²) in [5, 5.41) is 9.82. The third kappa shape index (κ3) is 28.4. The van der Waals surface area contributed by atoms with Crippen LogP contribution < -0.4 is 21.2 Å². The van der Waals surface area contributed by atoms with Crippen LogP contribution in [0, 0.1) is 0 Å². The SMILES string of the molecule is CCCCCCCCCCCCCC(=O)OC[C@H](COP(=O)([O-])O[C@H]1C[C@H](n2ccc(N)nc2=O)O[C@@H]1CO)OC(=O)CCCCCCCCCCCCC.CC[NH+](CC)CC. The van der Waals surface area contributed by atoms with Crippen molar-refractivity contribution in [2.24, 2.45) is 0 Å². The third-order valence-electron chi connectivity index (χ3n) is 11.4. The standard InChI is InChI=1S/C40H72N3O11P.C6H15N/c1-3-5-7-9-11-13-15-17-19-21-23-25-38(45)50-31-33(52-39(46)26-24-22-20-18-16-14-12-10-8-6-4-2)32-51-55(48,49)54-34-29-37(53-35(34)30-44)43-28-27-36(41)42-40(43)47;1-4-7(5-2)6-3/h27-28,33-35,37,44H,3-26,29-32H2,1-2H3,(H,48,49)(H2,41,42,47);4-6H2,1-3H3/t33-,34+,35-,37-;/m1./s1. The number of nitrogens with two attached hydrogens (primary N) is 1. The van der Waals surface area contributed by atoms with Gasteiger partial charge in [-0.05, 0) is 39.7 Å². The van der Waals surface area contributed by atoms with Gasteiger partial charge in [0.25, 0.3) is 7.82 Å². The molecule has 1 unspecified atom stereocenters. The zero-order valence-corrected chi connectivity index (χ0v) is 40.2. The zero-order chi connectivity index (χ0) is 45.9. The predicted octanol–water partition coefficient (Wildman–Crippen LogP) is 7.76. The minimum absolute atomic E-state index is 0.0111. The van der Waals surface area contributed by atoms with E-state index in [1.807, 2.05) is 0 Å². The maximum absolute atomic E-state index is 12.9. The van der Waals surface area contributed by atoms with E-state index >= 15 is 0 Å². The van der Waals surface area contributed by atoms with Gasteiger partial charge in [0.05, 0.1) is 39.0 Å². The monoisotopic (exact) mass is 903 g/mol. The summed E-state index contributed by atoms with van der Waals surface area (Å²) in [6.07, 6.45) is 22.3. The molecule has 0 aliphatic carbocycles. The summed E-state index contributed by atoms with van der Waals surface area (Å²) in [5.74, 6) is -0.990. The lowest BCUT2D eigenvalue weighted by Crippen LogP contribution is -3.11. The summed E-state index contributed by atoms with van der Waals surface area (Å²) in [4.78, 5) is 55.9. The lowest BCUT2D eigenvalue weighted by Gasteiger charge is -2.29. The second-order valence-corrected chi connectivity index (χ2v) is 18.0. The molecule has 2 heterocycles. The Morgan fingerprint density at radius 3 is 1.71 bits per heavy atom. The number of phosphoric acid groups is 1. The summed E-state index contributed by atoms with van der Waals surface area (Å²) in [5.41, 5.74) is 4.85. The van der Waals surface area contributed by atoms with E-state index in [2.05, 4.69) is 39.6 Å². The van der Waals surface area contributed by atoms with Crippen LogP contribution in [0.2, 0.25) is 0 Å². The number of carbonyl (C=O) groups is 2. The Morgan fingerprint density at radius 2 is 1.27 bits per heavy atom. The molecule has 1 fully saturated rings. The fourth-order valence-corrected chi connectivity index (χ4v) is 8.36. The largest absolute Gasteiger partial charge is 0.756 e. The average molecular weight is 903 g/mol. The lowest BCUT2D eigenvalue weighted by molar-refractivity contribution is -0.894. The summed E-state index contributed by atoms with van der Waals surface area (Å²) in [6.45, 7) is 13.3. The second-order valence-electron chi connectivity index (χ2n) is 16.7. The molecular weight excluding hydrogens is 815 g/mol. The molecule has 0 amide bonds. The molecule has 0 aromatic carbocycles. The van der Waals surface area contributed by atoms with Crippen molar-refractivity contribution in [3.8, 4) is 0 Å². The quantitative estimate of drug-likeness (QED) is 0.0332. The molecule has 4 N–H and O–H groups in total. The Labute approximate surface area is 374 Å². The Morgan fingerprint density at radius 1 is 0.806 bits per heavy atom. The molecule has 16 heteroatoms. The predicted molar refractivity (Wildman–Crippen MR) is 243 cm³/mol. The molecule has 62 heavy (non-hydrogen) atoms. The number of aliphatic hydroxyl groups excluding tert-OH is 1. The zero-order valence-electron chi connectivity index (χ0n) is 39.3. The van der Waals surface area contributed by atoms with Crippen molar-refractivity contribution < 1.29 is 52.3 Å². The first kappa shape index (κ1) is 57.6. The molecule has 0 bridgehead atoms. The first-order valence-corrected chi connectivity index (χ1v) is 25.8. The van der Waals surface area contributed by atoms with E-state index in [1.54, 1.807) is 4.90 Å². The number of unbranched alkanes of at least 4 members (excludes halogenated alkanes) is 20. The van der Waals surface area contributed by atoms with Gasteiger partial charge in [0.1, 0.15) is 24.8 Å². The molecule has 0 saturated carbocycles. The van der Waals surface area contributed by atoms with Crippen LogP contribution in [0.15, 0.2) is 17.1 Å². The van der Waals surface area contributed by atoms with Gasteiger partial charge in [0.2, 0.25) is 0 Å². The van der Waals surface area contributed by atoms with Crippen LogP contribution in [0.3, 0.4) is 0 Å². The molecule has 1 aliphatic heterocycles. The van der Waals surface area contributed by atoms with Crippen molar-refractivity contribution in [3.05, 3.63) is 22.7 Å². The number of ether oxygens (including phenoxy) is 3. The van der Waals surface area contributed by atoms with E-state index in [4.69, 9.17) is 29.0 Å². The average Bonchev–Trinajstić information content (AvgIpc) is 3.65. The number of anilines is 1. The minimum Gasteiger partial charge on any atom is -0.756 e. The van der Waals surface area contributed by atoms with Crippen LogP contribution >= 0.6 is 7.82 Å². The minimum atomic E-state index is -5.06. The number of rotatable bonds is 37. The van der Waals surface area contributed by atoms with Gasteiger partial charge >= 0.3 is 17.6 Å². The van der Waals surface area contributed by atoms with Crippen molar-refractivity contribution in [2.45, 2.75) is 220 Å². The number of hydrogen-bond acceptors (Lipinski definition) is 13. The van der Waals surface area contributed by atoms with Gasteiger partial charge in [0.15, 0.2) is 6.10 Å². The second kappa shape index (κ2) is 36.9. The van der Waals surface area contributed by atoms with Gasteiger partial charge in [-0.2, -0.15) is 4.98 Å². The van der Waals surface area contributed by atoms with E-state index in [9.17, 15) is 28.9 Å². The maximum atomic E-state index is 12.9. The Kier molecular flexibility index (Phi) is 34.3. The molecule has 362 valence electrons. The molecule has 1 aromatic rings. The third-order valence-corrected chi connectivity index (χ3v) is 12.4. The molecule has 0 spiro atoms. The molecule has 15 nitrogen and oxygen atoms in total. The Balaban J connectivity index is 0.00000251. The van der Waals surface area contributed by atoms with E-state index in [-0.39, 0.29) is 31.7 Å². The van der Waals surface area contributed by atoms with Crippen molar-refractivity contribution in [1.82, 2.24) is 9.55 Å². The molecule has 0 radical (unpaired) electrons. The van der Waals surface area contributed by atoms with Gasteiger partial charge in [-0.15, -0.1) is 0 Å². The number of nitrogen functional groups attached to an aromatic ring is 1. The highest BCUT2D eigenvalue weighted by atomic mass is 31.2. The van der Waals surface area contributed by atoms with Gasteiger partial charge in [-0.25, -0.2) is 4.79 Å². The molecule has 2 rings (SSSR count). The maximum Gasteiger partial charge on any atom is 0.351 e. The van der Waals surface area contributed by atoms with Crippen molar-refractivity contribution >= 4 is 25.6 Å². The number of aromatic nitrogens is 2. The highest BCUT2D eigenvalue weighted by Gasteiger charge is 2.39. The van der Waals surface area contributed by atoms with Crippen LogP contribution in [0.5, 0.6) is 0 Å². The van der Waals surface area contributed by atoms with Crippen molar-refractivity contribution in [1.29, 1.82) is 0 Å². The number of nitrogens with one attached hydrogen (secondary N) is 1. The number of esters is 2. The fourth-order valence-electron chi connectivity index (χ4n) is 7.40. The number of quaternary nitrogens is 1. The van der Waals surface area contributed by atoms with Gasteiger partial charge in [-0.1, -0.05) is 142 Å². The van der Waals surface area contributed by atoms with Gasteiger partial charge in [0, 0.05) is 25.5 Å². The van der Waals surface area contributed by atoms with Crippen LogP contribution in [-0.4, -0.2) is 84.4 Å². The number of carbonyl (C=O) groups excluding carboxylic acids is 2. The lowest BCUT2D eigenvalue weighted by atomic mass is 10.1. The molecule has 1 aromatic heterocycles. The summed E-state index contributed by atoms with van der Waals surface area (Å²) >= 11 is 0. The van der Waals surface area contributed by atoms with Gasteiger partial charge in [-0.3, -0.25) is 18.7 Å². The van der Waals surface area contributed by atoms with Crippen molar-refractivity contribution in [3.63, 3.8) is 0 Å². The first-order chi connectivity index (χ1) is 29.9. The fraction of sp³-hybridized carbons (Fsp3) is 0.870. The van der Waals surface area contributed by atoms with Crippen molar-refractivity contribution in [2.75, 3.05) is 45.2 Å². The van der Waals surface area contributed by atoms with Crippen LogP contribution in [0.25, 0.3) is 0 Å². The smallest absolute Gasteiger partial charge is 0.351 e.